The van der Waals surface area contributed by atoms with Crippen LogP contribution in [0, 0.1) is 10.1 Å². The zero-order chi connectivity index (χ0) is 14.5. The average molecular weight is 277 g/mol. The first-order valence-electron chi connectivity index (χ1n) is 6.83. The number of non-ortho nitro benzene ring substituents is 1. The van der Waals surface area contributed by atoms with Gasteiger partial charge < -0.3 is 10.6 Å². The molecule has 6 heteroatoms. The van der Waals surface area contributed by atoms with Crippen LogP contribution < -0.4 is 10.6 Å². The molecule has 0 aromatic heterocycles. The van der Waals surface area contributed by atoms with Crippen molar-refractivity contribution in [2.45, 2.75) is 31.7 Å². The molecule has 1 aliphatic rings. The van der Waals surface area contributed by atoms with Crippen molar-refractivity contribution >= 4 is 11.6 Å². The number of nitrogens with zero attached hydrogens (tertiary/aromatic N) is 1. The van der Waals surface area contributed by atoms with E-state index in [1.165, 1.54) is 12.1 Å². The molecule has 6 nitrogen and oxygen atoms in total. The summed E-state index contributed by atoms with van der Waals surface area (Å²) in [5, 5.41) is 17.0. The van der Waals surface area contributed by atoms with Gasteiger partial charge in [-0.15, -0.1) is 0 Å². The molecule has 1 aromatic carbocycles. The van der Waals surface area contributed by atoms with Gasteiger partial charge in [-0.1, -0.05) is 12.1 Å². The van der Waals surface area contributed by atoms with Gasteiger partial charge in [0.05, 0.1) is 10.8 Å². The maximum Gasteiger partial charge on any atom is 0.269 e. The normalized spacial score (nSPS) is 19.6. The number of carbonyl (C=O) groups excluding carboxylic acids is 1. The summed E-state index contributed by atoms with van der Waals surface area (Å²) in [6.07, 6.45) is 2.21. The van der Waals surface area contributed by atoms with Gasteiger partial charge in [-0.25, -0.2) is 0 Å². The zero-order valence-electron chi connectivity index (χ0n) is 11.5. The molecule has 108 valence electrons. The number of carbonyl (C=O) groups is 1. The number of amides is 1. The van der Waals surface area contributed by atoms with E-state index in [1.807, 2.05) is 0 Å². The Labute approximate surface area is 117 Å². The van der Waals surface area contributed by atoms with Crippen LogP contribution in [0.1, 0.15) is 31.2 Å². The summed E-state index contributed by atoms with van der Waals surface area (Å²) >= 11 is 0. The van der Waals surface area contributed by atoms with E-state index in [2.05, 4.69) is 10.6 Å². The van der Waals surface area contributed by atoms with Gasteiger partial charge in [-0.3, -0.25) is 14.9 Å². The molecule has 1 fully saturated rings. The lowest BCUT2D eigenvalue weighted by atomic mass is 9.99. The van der Waals surface area contributed by atoms with Crippen LogP contribution in [0.2, 0.25) is 0 Å². The van der Waals surface area contributed by atoms with E-state index >= 15 is 0 Å². The number of nitrogens with one attached hydrogen (secondary N) is 2. The van der Waals surface area contributed by atoms with Crippen molar-refractivity contribution in [2.75, 3.05) is 13.1 Å². The van der Waals surface area contributed by atoms with Crippen LogP contribution in [-0.4, -0.2) is 30.0 Å². The maximum atomic E-state index is 12.1. The molecule has 1 aliphatic heterocycles. The zero-order valence-corrected chi connectivity index (χ0v) is 11.5. The molecule has 2 N–H and O–H groups in total. The SMILES string of the molecule is CC(C(=O)NCC1CCCN1)c1cccc([N+](=O)[O-])c1. The van der Waals surface area contributed by atoms with E-state index in [4.69, 9.17) is 0 Å². The largest absolute Gasteiger partial charge is 0.354 e. The quantitative estimate of drug-likeness (QED) is 0.632. The lowest BCUT2D eigenvalue weighted by Crippen LogP contribution is -2.38. The van der Waals surface area contributed by atoms with Gasteiger partial charge >= 0.3 is 0 Å². The smallest absolute Gasteiger partial charge is 0.269 e. The molecule has 0 saturated carbocycles. The van der Waals surface area contributed by atoms with Crippen molar-refractivity contribution in [1.82, 2.24) is 10.6 Å². The van der Waals surface area contributed by atoms with Crippen LogP contribution in [0.25, 0.3) is 0 Å². The topological polar surface area (TPSA) is 84.3 Å². The number of hydrogen-bond donors (Lipinski definition) is 2. The van der Waals surface area contributed by atoms with Crippen LogP contribution in [0.4, 0.5) is 5.69 Å². The minimum atomic E-state index is -0.448. The summed E-state index contributed by atoms with van der Waals surface area (Å²) in [4.78, 5) is 22.4. The average Bonchev–Trinajstić information content (AvgIpc) is 2.97. The third kappa shape index (κ3) is 3.54. The Kier molecular flexibility index (Phi) is 4.68. The van der Waals surface area contributed by atoms with Crippen molar-refractivity contribution in [3.63, 3.8) is 0 Å². The Bertz CT molecular complexity index is 498. The van der Waals surface area contributed by atoms with Crippen LogP contribution in [0.5, 0.6) is 0 Å². The Morgan fingerprint density at radius 2 is 2.40 bits per heavy atom. The van der Waals surface area contributed by atoms with E-state index in [1.54, 1.807) is 19.1 Å². The first-order valence-corrected chi connectivity index (χ1v) is 6.83. The highest BCUT2D eigenvalue weighted by molar-refractivity contribution is 5.83. The third-order valence-electron chi connectivity index (χ3n) is 3.66. The minimum Gasteiger partial charge on any atom is -0.354 e. The van der Waals surface area contributed by atoms with Gasteiger partial charge in [0.15, 0.2) is 0 Å². The summed E-state index contributed by atoms with van der Waals surface area (Å²) in [5.74, 6) is -0.490. The summed E-state index contributed by atoms with van der Waals surface area (Å²) in [6, 6.07) is 6.58. The highest BCUT2D eigenvalue weighted by atomic mass is 16.6. The number of benzene rings is 1. The van der Waals surface area contributed by atoms with Crippen molar-refractivity contribution in [2.24, 2.45) is 0 Å². The molecular formula is C14H19N3O3. The number of rotatable bonds is 5. The minimum absolute atomic E-state index is 0.0135. The molecule has 2 unspecified atom stereocenters. The van der Waals surface area contributed by atoms with E-state index < -0.39 is 10.8 Å². The van der Waals surface area contributed by atoms with Crippen LogP contribution in [0.15, 0.2) is 24.3 Å². The van der Waals surface area contributed by atoms with Crippen molar-refractivity contribution in [1.29, 1.82) is 0 Å². The molecule has 20 heavy (non-hydrogen) atoms. The number of hydrogen-bond acceptors (Lipinski definition) is 4. The molecule has 0 aliphatic carbocycles. The third-order valence-corrected chi connectivity index (χ3v) is 3.66. The Balaban J connectivity index is 1.95. The van der Waals surface area contributed by atoms with E-state index in [-0.39, 0.29) is 11.6 Å². The fourth-order valence-electron chi connectivity index (χ4n) is 2.37. The molecule has 2 rings (SSSR count). The molecule has 1 heterocycles. The summed E-state index contributed by atoms with van der Waals surface area (Å²) in [6.45, 7) is 3.37. The molecular weight excluding hydrogens is 258 g/mol. The monoisotopic (exact) mass is 277 g/mol. The van der Waals surface area contributed by atoms with Crippen molar-refractivity contribution in [3.05, 3.63) is 39.9 Å². The summed E-state index contributed by atoms with van der Waals surface area (Å²) in [7, 11) is 0. The van der Waals surface area contributed by atoms with Gasteiger partial charge in [0.25, 0.3) is 5.69 Å². The molecule has 1 saturated heterocycles. The van der Waals surface area contributed by atoms with Crippen molar-refractivity contribution in [3.8, 4) is 0 Å². The molecule has 0 bridgehead atoms. The molecule has 1 amide bonds. The lowest BCUT2D eigenvalue weighted by Gasteiger charge is -2.15. The summed E-state index contributed by atoms with van der Waals surface area (Å²) < 4.78 is 0. The summed E-state index contributed by atoms with van der Waals surface area (Å²) in [5.41, 5.74) is 0.677. The second-order valence-corrected chi connectivity index (χ2v) is 5.11. The molecule has 0 spiro atoms. The van der Waals surface area contributed by atoms with Crippen LogP contribution >= 0.6 is 0 Å². The van der Waals surface area contributed by atoms with Gasteiger partial charge in [0, 0.05) is 24.7 Å². The van der Waals surface area contributed by atoms with Crippen LogP contribution in [0.3, 0.4) is 0 Å². The van der Waals surface area contributed by atoms with Gasteiger partial charge in [-0.05, 0) is 31.9 Å². The predicted octanol–water partition coefficient (Wildman–Crippen LogP) is 1.57. The van der Waals surface area contributed by atoms with E-state index in [0.29, 0.717) is 18.2 Å². The molecule has 2 atom stereocenters. The highest BCUT2D eigenvalue weighted by Gasteiger charge is 2.20. The fourth-order valence-corrected chi connectivity index (χ4v) is 2.37. The second-order valence-electron chi connectivity index (χ2n) is 5.11. The first-order chi connectivity index (χ1) is 9.58. The van der Waals surface area contributed by atoms with E-state index in [9.17, 15) is 14.9 Å². The lowest BCUT2D eigenvalue weighted by molar-refractivity contribution is -0.384. The van der Waals surface area contributed by atoms with Gasteiger partial charge in [0.1, 0.15) is 0 Å². The Morgan fingerprint density at radius 3 is 3.05 bits per heavy atom. The standard InChI is InChI=1S/C14H19N3O3/c1-10(11-4-2-6-13(8-11)17(19)20)14(18)16-9-12-5-3-7-15-12/h2,4,6,8,10,12,15H,3,5,7,9H2,1H3,(H,16,18). The van der Waals surface area contributed by atoms with Crippen LogP contribution in [-0.2, 0) is 4.79 Å². The fraction of sp³-hybridized carbons (Fsp3) is 0.500. The first kappa shape index (κ1) is 14.5. The second kappa shape index (κ2) is 6.47. The number of nitro benzene ring substituents is 1. The molecule has 0 radical (unpaired) electrons. The number of nitro groups is 1. The van der Waals surface area contributed by atoms with E-state index in [0.717, 1.165) is 19.4 Å². The Hall–Kier alpha value is -1.95. The molecule has 1 aromatic rings. The van der Waals surface area contributed by atoms with Gasteiger partial charge in [0.2, 0.25) is 5.91 Å². The van der Waals surface area contributed by atoms with Gasteiger partial charge in [-0.2, -0.15) is 0 Å². The predicted molar refractivity (Wildman–Crippen MR) is 75.5 cm³/mol. The van der Waals surface area contributed by atoms with Crippen molar-refractivity contribution < 1.29 is 9.72 Å². The highest BCUT2D eigenvalue weighted by Crippen LogP contribution is 2.20. The maximum absolute atomic E-state index is 12.1. The Morgan fingerprint density at radius 1 is 1.60 bits per heavy atom.